The van der Waals surface area contributed by atoms with Gasteiger partial charge in [-0.05, 0) is 12.8 Å². The number of carbonyl (C=O) groups excluding carboxylic acids is 2. The lowest BCUT2D eigenvalue weighted by Crippen LogP contribution is -2.47. The van der Waals surface area contributed by atoms with E-state index in [-0.39, 0.29) is 18.6 Å². The maximum Gasteiger partial charge on any atom is 0.410 e. The summed E-state index contributed by atoms with van der Waals surface area (Å²) < 4.78 is 4.84. The van der Waals surface area contributed by atoms with Crippen LogP contribution in [0.3, 0.4) is 0 Å². The average molecular weight is 240 g/mol. The van der Waals surface area contributed by atoms with E-state index < -0.39 is 12.1 Å². The van der Waals surface area contributed by atoms with Crippen LogP contribution in [0, 0.1) is 0 Å². The first-order chi connectivity index (χ1) is 8.18. The van der Waals surface area contributed by atoms with Crippen molar-refractivity contribution in [2.24, 2.45) is 0 Å². The van der Waals surface area contributed by atoms with Gasteiger partial charge in [0.25, 0.3) is 0 Å². The van der Waals surface area contributed by atoms with Crippen LogP contribution in [-0.2, 0) is 9.53 Å². The lowest BCUT2D eigenvalue weighted by molar-refractivity contribution is -0.125. The second-order valence-corrected chi connectivity index (χ2v) is 4.90. The number of cyclic esters (lactones) is 1. The molecule has 5 heteroatoms. The van der Waals surface area contributed by atoms with E-state index in [4.69, 9.17) is 4.74 Å². The van der Waals surface area contributed by atoms with Crippen LogP contribution in [-0.4, -0.2) is 42.6 Å². The van der Waals surface area contributed by atoms with Crippen LogP contribution < -0.4 is 5.32 Å². The fraction of sp³-hybridized carbons (Fsp3) is 0.833. The molecular formula is C12H20N2O3. The molecule has 1 saturated heterocycles. The maximum absolute atomic E-state index is 12.0. The molecule has 1 saturated carbocycles. The summed E-state index contributed by atoms with van der Waals surface area (Å²) in [6.07, 6.45) is 6.58. The Hall–Kier alpha value is -1.26. The average Bonchev–Trinajstić information content (AvgIpc) is 2.55. The summed E-state index contributed by atoms with van der Waals surface area (Å²) in [4.78, 5) is 24.5. The topological polar surface area (TPSA) is 58.6 Å². The van der Waals surface area contributed by atoms with Crippen LogP contribution in [0.25, 0.3) is 0 Å². The third-order valence-corrected chi connectivity index (χ3v) is 3.62. The minimum Gasteiger partial charge on any atom is -0.447 e. The Balaban J connectivity index is 1.85. The SMILES string of the molecule is CN1C(=O)OCC1C(=O)NC1CCCCCC1. The van der Waals surface area contributed by atoms with Crippen molar-refractivity contribution >= 4 is 12.0 Å². The molecule has 17 heavy (non-hydrogen) atoms. The van der Waals surface area contributed by atoms with Crippen LogP contribution in [0.1, 0.15) is 38.5 Å². The number of nitrogens with one attached hydrogen (secondary N) is 1. The van der Waals surface area contributed by atoms with Gasteiger partial charge in [-0.25, -0.2) is 4.79 Å². The van der Waals surface area contributed by atoms with Gasteiger partial charge in [-0.1, -0.05) is 25.7 Å². The summed E-state index contributed by atoms with van der Waals surface area (Å²) in [6, 6.07) is -0.181. The number of hydrogen-bond acceptors (Lipinski definition) is 3. The van der Waals surface area contributed by atoms with Crippen LogP contribution >= 0.6 is 0 Å². The predicted octanol–water partition coefficient (Wildman–Crippen LogP) is 1.28. The first-order valence-corrected chi connectivity index (χ1v) is 6.38. The Kier molecular flexibility index (Phi) is 3.86. The van der Waals surface area contributed by atoms with Crippen molar-refractivity contribution in [3.8, 4) is 0 Å². The van der Waals surface area contributed by atoms with Gasteiger partial charge in [-0.15, -0.1) is 0 Å². The lowest BCUT2D eigenvalue weighted by atomic mass is 10.1. The van der Waals surface area contributed by atoms with Gasteiger partial charge in [-0.3, -0.25) is 9.69 Å². The van der Waals surface area contributed by atoms with E-state index in [0.29, 0.717) is 0 Å². The highest BCUT2D eigenvalue weighted by Gasteiger charge is 2.35. The highest BCUT2D eigenvalue weighted by atomic mass is 16.6. The highest BCUT2D eigenvalue weighted by molar-refractivity contribution is 5.87. The summed E-state index contributed by atoms with van der Waals surface area (Å²) in [7, 11) is 1.60. The summed E-state index contributed by atoms with van der Waals surface area (Å²) in [5, 5.41) is 3.04. The molecule has 1 atom stereocenters. The van der Waals surface area contributed by atoms with E-state index in [1.165, 1.54) is 30.6 Å². The summed E-state index contributed by atoms with van der Waals surface area (Å²) in [5.41, 5.74) is 0. The Labute approximate surface area is 101 Å². The molecule has 1 unspecified atom stereocenters. The highest BCUT2D eigenvalue weighted by Crippen LogP contribution is 2.18. The molecule has 5 nitrogen and oxygen atoms in total. The van der Waals surface area contributed by atoms with Gasteiger partial charge in [0.05, 0.1) is 0 Å². The minimum absolute atomic E-state index is 0.0785. The van der Waals surface area contributed by atoms with E-state index in [1.807, 2.05) is 0 Å². The maximum atomic E-state index is 12.0. The molecule has 2 fully saturated rings. The fourth-order valence-corrected chi connectivity index (χ4v) is 2.46. The number of nitrogens with zero attached hydrogens (tertiary/aromatic N) is 1. The minimum atomic E-state index is -0.453. The molecule has 2 rings (SSSR count). The van der Waals surface area contributed by atoms with E-state index in [9.17, 15) is 9.59 Å². The summed E-state index contributed by atoms with van der Waals surface area (Å²) >= 11 is 0. The molecular weight excluding hydrogens is 220 g/mol. The van der Waals surface area contributed by atoms with E-state index in [1.54, 1.807) is 7.05 Å². The normalized spacial score (nSPS) is 26.5. The van der Waals surface area contributed by atoms with Crippen molar-refractivity contribution in [3.05, 3.63) is 0 Å². The van der Waals surface area contributed by atoms with Gasteiger partial charge >= 0.3 is 6.09 Å². The number of hydrogen-bond donors (Lipinski definition) is 1. The van der Waals surface area contributed by atoms with Crippen LogP contribution in [0.4, 0.5) is 4.79 Å². The first-order valence-electron chi connectivity index (χ1n) is 6.38. The van der Waals surface area contributed by atoms with Gasteiger partial charge in [0, 0.05) is 13.1 Å². The molecule has 0 bridgehead atoms. The molecule has 0 aromatic heterocycles. The second kappa shape index (κ2) is 5.38. The lowest BCUT2D eigenvalue weighted by Gasteiger charge is -2.21. The third-order valence-electron chi connectivity index (χ3n) is 3.62. The largest absolute Gasteiger partial charge is 0.447 e. The molecule has 0 radical (unpaired) electrons. The van der Waals surface area contributed by atoms with E-state index in [0.717, 1.165) is 12.8 Å². The number of ether oxygens (including phenoxy) is 1. The molecule has 0 aromatic carbocycles. The molecule has 1 aliphatic heterocycles. The predicted molar refractivity (Wildman–Crippen MR) is 62.5 cm³/mol. The fourth-order valence-electron chi connectivity index (χ4n) is 2.46. The zero-order valence-electron chi connectivity index (χ0n) is 10.3. The Morgan fingerprint density at radius 3 is 2.47 bits per heavy atom. The van der Waals surface area contributed by atoms with Gasteiger partial charge in [0.15, 0.2) is 0 Å². The summed E-state index contributed by atoms with van der Waals surface area (Å²) in [5.74, 6) is -0.0785. The quantitative estimate of drug-likeness (QED) is 0.740. The molecule has 96 valence electrons. The monoisotopic (exact) mass is 240 g/mol. The Bertz CT molecular complexity index is 298. The molecule has 0 aromatic rings. The smallest absolute Gasteiger partial charge is 0.410 e. The molecule has 1 aliphatic carbocycles. The van der Waals surface area contributed by atoms with Crippen LogP contribution in [0.5, 0.6) is 0 Å². The first kappa shape index (κ1) is 12.2. The number of amides is 2. The molecule has 1 heterocycles. The zero-order chi connectivity index (χ0) is 12.3. The van der Waals surface area contributed by atoms with E-state index in [2.05, 4.69) is 5.32 Å². The molecule has 0 spiro atoms. The summed E-state index contributed by atoms with van der Waals surface area (Å²) in [6.45, 7) is 0.174. The van der Waals surface area contributed by atoms with Gasteiger partial charge in [0.1, 0.15) is 12.6 Å². The van der Waals surface area contributed by atoms with E-state index >= 15 is 0 Å². The third kappa shape index (κ3) is 2.90. The standard InChI is InChI=1S/C12H20N2O3/c1-14-10(8-17-12(14)16)11(15)13-9-6-4-2-3-5-7-9/h9-10H,2-8H2,1H3,(H,13,15). The Morgan fingerprint density at radius 2 is 1.94 bits per heavy atom. The number of likely N-dealkylation sites (N-methyl/N-ethyl adjacent to an activating group) is 1. The number of carbonyl (C=O) groups is 2. The van der Waals surface area contributed by atoms with Crippen molar-refractivity contribution in [1.82, 2.24) is 10.2 Å². The van der Waals surface area contributed by atoms with Gasteiger partial charge in [-0.2, -0.15) is 0 Å². The second-order valence-electron chi connectivity index (χ2n) is 4.90. The van der Waals surface area contributed by atoms with Crippen molar-refractivity contribution in [2.45, 2.75) is 50.6 Å². The zero-order valence-corrected chi connectivity index (χ0v) is 10.3. The molecule has 2 aliphatic rings. The van der Waals surface area contributed by atoms with Crippen molar-refractivity contribution in [1.29, 1.82) is 0 Å². The van der Waals surface area contributed by atoms with Crippen LogP contribution in [0.15, 0.2) is 0 Å². The molecule has 1 N–H and O–H groups in total. The van der Waals surface area contributed by atoms with Crippen LogP contribution in [0.2, 0.25) is 0 Å². The van der Waals surface area contributed by atoms with Crippen molar-refractivity contribution in [3.63, 3.8) is 0 Å². The van der Waals surface area contributed by atoms with Gasteiger partial charge in [0.2, 0.25) is 5.91 Å². The van der Waals surface area contributed by atoms with Crippen molar-refractivity contribution in [2.75, 3.05) is 13.7 Å². The van der Waals surface area contributed by atoms with Gasteiger partial charge < -0.3 is 10.1 Å². The Morgan fingerprint density at radius 1 is 1.29 bits per heavy atom. The number of rotatable bonds is 2. The molecule has 2 amide bonds. The van der Waals surface area contributed by atoms with Crippen molar-refractivity contribution < 1.29 is 14.3 Å².